The zero-order valence-electron chi connectivity index (χ0n) is 10.4. The second-order valence-corrected chi connectivity index (χ2v) is 5.28. The Bertz CT molecular complexity index is 633. The first-order valence-corrected chi connectivity index (χ1v) is 7.11. The molecule has 5 nitrogen and oxygen atoms in total. The summed E-state index contributed by atoms with van der Waals surface area (Å²) in [5.74, 6) is 0.792. The van der Waals surface area contributed by atoms with Gasteiger partial charge in [0.25, 0.3) is 5.91 Å². The second kappa shape index (κ2) is 6.71. The molecule has 0 spiro atoms. The first-order valence-electron chi connectivity index (χ1n) is 5.52. The van der Waals surface area contributed by atoms with Crippen LogP contribution in [-0.2, 0) is 0 Å². The van der Waals surface area contributed by atoms with Crippen molar-refractivity contribution in [2.45, 2.75) is 0 Å². The number of furan rings is 1. The summed E-state index contributed by atoms with van der Waals surface area (Å²) in [7, 11) is 1.54. The fraction of sp³-hybridized carbons (Fsp3) is 0.0769. The van der Waals surface area contributed by atoms with Gasteiger partial charge in [0.05, 0.1) is 17.8 Å². The Labute approximate surface area is 132 Å². The number of hydrogen-bond acceptors (Lipinski definition) is 4. The lowest BCUT2D eigenvalue weighted by atomic mass is 10.2. The Morgan fingerprint density at radius 1 is 1.40 bits per heavy atom. The van der Waals surface area contributed by atoms with Gasteiger partial charge in [-0.05, 0) is 50.1 Å². The van der Waals surface area contributed by atoms with E-state index in [0.717, 1.165) is 4.47 Å². The fourth-order valence-corrected chi connectivity index (χ4v) is 2.02. The van der Waals surface area contributed by atoms with Crippen LogP contribution >= 0.6 is 31.9 Å². The van der Waals surface area contributed by atoms with E-state index in [1.54, 1.807) is 37.4 Å². The summed E-state index contributed by atoms with van der Waals surface area (Å²) in [4.78, 5) is 11.8. The van der Waals surface area contributed by atoms with Gasteiger partial charge < -0.3 is 9.15 Å². The van der Waals surface area contributed by atoms with Gasteiger partial charge in [-0.2, -0.15) is 5.10 Å². The number of carbonyl (C=O) groups is 1. The molecule has 1 amide bonds. The molecule has 0 unspecified atom stereocenters. The summed E-state index contributed by atoms with van der Waals surface area (Å²) < 4.78 is 11.7. The number of nitrogens with zero attached hydrogens (tertiary/aromatic N) is 1. The third kappa shape index (κ3) is 3.71. The molecule has 0 saturated carbocycles. The Morgan fingerprint density at radius 2 is 2.20 bits per heavy atom. The summed E-state index contributed by atoms with van der Waals surface area (Å²) in [6.45, 7) is 0. The van der Waals surface area contributed by atoms with Crippen LogP contribution in [0.15, 0.2) is 49.0 Å². The number of rotatable bonds is 4. The lowest BCUT2D eigenvalue weighted by Gasteiger charge is -2.02. The number of benzene rings is 1. The molecule has 1 aromatic carbocycles. The molecule has 0 bridgehead atoms. The minimum atomic E-state index is -0.329. The van der Waals surface area contributed by atoms with Gasteiger partial charge in [-0.15, -0.1) is 0 Å². The van der Waals surface area contributed by atoms with Gasteiger partial charge in [0.2, 0.25) is 0 Å². The van der Waals surface area contributed by atoms with Crippen molar-refractivity contribution in [3.8, 4) is 5.75 Å². The van der Waals surface area contributed by atoms with Crippen LogP contribution in [-0.4, -0.2) is 19.2 Å². The van der Waals surface area contributed by atoms with Crippen LogP contribution in [0.1, 0.15) is 16.1 Å². The first-order chi connectivity index (χ1) is 9.60. The van der Waals surface area contributed by atoms with Gasteiger partial charge in [0, 0.05) is 11.6 Å². The zero-order chi connectivity index (χ0) is 14.5. The first kappa shape index (κ1) is 14.8. The molecule has 2 aromatic rings. The molecule has 2 rings (SSSR count). The number of halogens is 2. The topological polar surface area (TPSA) is 63.8 Å². The normalized spacial score (nSPS) is 10.8. The van der Waals surface area contributed by atoms with Crippen molar-refractivity contribution in [3.63, 3.8) is 0 Å². The Balaban J connectivity index is 2.01. The van der Waals surface area contributed by atoms with Crippen LogP contribution in [0, 0.1) is 0 Å². The number of hydrogen-bond donors (Lipinski definition) is 1. The molecule has 1 N–H and O–H groups in total. The Kier molecular flexibility index (Phi) is 4.97. The molecule has 0 aliphatic heterocycles. The summed E-state index contributed by atoms with van der Waals surface area (Å²) in [6, 6.07) is 8.53. The molecule has 20 heavy (non-hydrogen) atoms. The third-order valence-electron chi connectivity index (χ3n) is 2.35. The monoisotopic (exact) mass is 400 g/mol. The van der Waals surface area contributed by atoms with Gasteiger partial charge in [-0.25, -0.2) is 5.43 Å². The molecule has 0 radical (unpaired) electrons. The Hall–Kier alpha value is -1.60. The van der Waals surface area contributed by atoms with Crippen molar-refractivity contribution in [2.24, 2.45) is 5.10 Å². The van der Waals surface area contributed by atoms with Crippen molar-refractivity contribution < 1.29 is 13.9 Å². The molecule has 1 heterocycles. The molecular formula is C13H10Br2N2O3. The fourth-order valence-electron chi connectivity index (χ4n) is 1.41. The lowest BCUT2D eigenvalue weighted by molar-refractivity contribution is 0.0955. The number of amides is 1. The third-order valence-corrected chi connectivity index (χ3v) is 4.06. The number of nitrogens with one attached hydrogen (secondary N) is 1. The molecule has 0 fully saturated rings. The van der Waals surface area contributed by atoms with Crippen LogP contribution in [0.25, 0.3) is 0 Å². The van der Waals surface area contributed by atoms with E-state index in [9.17, 15) is 4.79 Å². The highest BCUT2D eigenvalue weighted by atomic mass is 79.9. The van der Waals surface area contributed by atoms with Crippen LogP contribution in [0.3, 0.4) is 0 Å². The van der Waals surface area contributed by atoms with E-state index < -0.39 is 0 Å². The lowest BCUT2D eigenvalue weighted by Crippen LogP contribution is -2.17. The van der Waals surface area contributed by atoms with Crippen LogP contribution < -0.4 is 10.2 Å². The van der Waals surface area contributed by atoms with Gasteiger partial charge >= 0.3 is 0 Å². The van der Waals surface area contributed by atoms with Crippen molar-refractivity contribution in [2.75, 3.05) is 7.11 Å². The minimum Gasteiger partial charge on any atom is -0.497 e. The summed E-state index contributed by atoms with van der Waals surface area (Å²) >= 11 is 6.50. The van der Waals surface area contributed by atoms with Crippen LogP contribution in [0.4, 0.5) is 0 Å². The van der Waals surface area contributed by atoms with E-state index in [1.807, 2.05) is 0 Å². The second-order valence-electron chi connectivity index (χ2n) is 3.70. The number of methoxy groups -OCH3 is 1. The number of hydrazone groups is 1. The highest BCUT2D eigenvalue weighted by Crippen LogP contribution is 2.25. The van der Waals surface area contributed by atoms with E-state index in [2.05, 4.69) is 42.4 Å². The molecule has 0 atom stereocenters. The molecule has 104 valence electrons. The van der Waals surface area contributed by atoms with Crippen LogP contribution in [0.5, 0.6) is 5.75 Å². The van der Waals surface area contributed by atoms with Crippen molar-refractivity contribution in [1.29, 1.82) is 0 Å². The van der Waals surface area contributed by atoms with E-state index in [1.165, 1.54) is 6.21 Å². The largest absolute Gasteiger partial charge is 0.497 e. The van der Waals surface area contributed by atoms with Crippen molar-refractivity contribution in [3.05, 3.63) is 50.8 Å². The number of carbonyl (C=O) groups excluding carboxylic acids is 1. The van der Waals surface area contributed by atoms with Crippen LogP contribution in [0.2, 0.25) is 0 Å². The summed E-state index contributed by atoms with van der Waals surface area (Å²) in [5, 5.41) is 3.83. The maximum absolute atomic E-state index is 11.8. The van der Waals surface area contributed by atoms with Gasteiger partial charge in [-0.3, -0.25) is 4.79 Å². The molecule has 7 heteroatoms. The number of ether oxygens (including phenoxy) is 1. The average Bonchev–Trinajstić information content (AvgIpc) is 2.77. The Morgan fingerprint density at radius 3 is 2.85 bits per heavy atom. The quantitative estimate of drug-likeness (QED) is 0.629. The molecule has 0 saturated heterocycles. The maximum atomic E-state index is 11.8. The molecule has 0 aliphatic carbocycles. The van der Waals surface area contributed by atoms with Gasteiger partial charge in [0.1, 0.15) is 11.5 Å². The molecular weight excluding hydrogens is 392 g/mol. The van der Waals surface area contributed by atoms with Crippen molar-refractivity contribution >= 4 is 44.0 Å². The molecule has 1 aromatic heterocycles. The predicted octanol–water partition coefficient (Wildman–Crippen LogP) is 3.58. The summed E-state index contributed by atoms with van der Waals surface area (Å²) in [6.07, 6.45) is 1.41. The minimum absolute atomic E-state index is 0.329. The molecule has 0 aliphatic rings. The van der Waals surface area contributed by atoms with Gasteiger partial charge in [-0.1, -0.05) is 6.07 Å². The highest BCUT2D eigenvalue weighted by molar-refractivity contribution is 9.13. The smallest absolute Gasteiger partial charge is 0.271 e. The van der Waals surface area contributed by atoms with E-state index in [-0.39, 0.29) is 5.91 Å². The summed E-state index contributed by atoms with van der Waals surface area (Å²) in [5.41, 5.74) is 2.87. The van der Waals surface area contributed by atoms with E-state index in [0.29, 0.717) is 21.7 Å². The van der Waals surface area contributed by atoms with E-state index in [4.69, 9.17) is 9.15 Å². The van der Waals surface area contributed by atoms with E-state index >= 15 is 0 Å². The zero-order valence-corrected chi connectivity index (χ0v) is 13.6. The maximum Gasteiger partial charge on any atom is 0.271 e. The SMILES string of the molecule is COc1cccc(C(=O)N/N=C\c2cc(Br)c(Br)o2)c1. The van der Waals surface area contributed by atoms with Gasteiger partial charge in [0.15, 0.2) is 4.67 Å². The standard InChI is InChI=1S/C13H10Br2N2O3/c1-19-9-4-2-3-8(5-9)13(18)17-16-7-10-6-11(14)12(15)20-10/h2-7H,1H3,(H,17,18)/b16-7-. The predicted molar refractivity (Wildman–Crippen MR) is 82.2 cm³/mol. The highest BCUT2D eigenvalue weighted by Gasteiger charge is 2.06. The van der Waals surface area contributed by atoms with Crippen molar-refractivity contribution in [1.82, 2.24) is 5.43 Å². The average molecular weight is 402 g/mol.